The van der Waals surface area contributed by atoms with Crippen LogP contribution in [0.4, 0.5) is 0 Å². The molecule has 11 heavy (non-hydrogen) atoms. The molecule has 0 aromatic heterocycles. The number of hydrogen-bond acceptors (Lipinski definition) is 2. The van der Waals surface area contributed by atoms with Crippen LogP contribution in [0.1, 0.15) is 6.92 Å². The zero-order chi connectivity index (χ0) is 8.10. The molecule has 0 aromatic rings. The molecule has 2 heteroatoms. The van der Waals surface area contributed by atoms with Gasteiger partial charge in [-0.25, -0.2) is 4.79 Å². The molecule has 0 fully saturated rings. The highest BCUT2D eigenvalue weighted by molar-refractivity contribution is 5.82. The Labute approximate surface area is 65.9 Å². The maximum absolute atomic E-state index is 10.8. The van der Waals surface area contributed by atoms with E-state index in [9.17, 15) is 4.79 Å². The molecule has 0 N–H and O–H groups in total. The molecule has 1 heterocycles. The average Bonchev–Trinajstić information content (AvgIpc) is 2.06. The molecule has 0 unspecified atom stereocenters. The monoisotopic (exact) mass is 150 g/mol. The molecule has 0 saturated carbocycles. The zero-order valence-electron chi connectivity index (χ0n) is 6.41. The third-order valence-corrected chi connectivity index (χ3v) is 1.28. The SMILES string of the molecule is C\C1=C/C=C\C=C\C(=O)OC1. The van der Waals surface area contributed by atoms with E-state index in [1.54, 1.807) is 12.2 Å². The molecule has 0 amide bonds. The summed E-state index contributed by atoms with van der Waals surface area (Å²) in [6.45, 7) is 2.30. The average molecular weight is 150 g/mol. The maximum Gasteiger partial charge on any atom is 0.331 e. The minimum Gasteiger partial charge on any atom is -0.458 e. The van der Waals surface area contributed by atoms with Crippen molar-refractivity contribution in [1.82, 2.24) is 0 Å². The molecule has 0 spiro atoms. The Morgan fingerprint density at radius 3 is 3.00 bits per heavy atom. The van der Waals surface area contributed by atoms with Gasteiger partial charge in [0.1, 0.15) is 6.61 Å². The highest BCUT2D eigenvalue weighted by Crippen LogP contribution is 1.97. The Kier molecular flexibility index (Phi) is 2.66. The lowest BCUT2D eigenvalue weighted by Crippen LogP contribution is -2.02. The van der Waals surface area contributed by atoms with E-state index in [-0.39, 0.29) is 5.97 Å². The standard InChI is InChI=1S/C9H10O2/c1-8-5-3-2-4-6-9(10)11-7-8/h2-6H,7H2,1H3/b3-2-,6-4+,8-5+. The van der Waals surface area contributed by atoms with Gasteiger partial charge in [-0.3, -0.25) is 0 Å². The number of carbonyl (C=O) groups excluding carboxylic acids is 1. The third-order valence-electron chi connectivity index (χ3n) is 1.28. The predicted octanol–water partition coefficient (Wildman–Crippen LogP) is 1.60. The summed E-state index contributed by atoms with van der Waals surface area (Å²) in [5, 5.41) is 0. The van der Waals surface area contributed by atoms with Crippen molar-refractivity contribution in [2.45, 2.75) is 6.92 Å². The second-order valence-corrected chi connectivity index (χ2v) is 2.36. The van der Waals surface area contributed by atoms with Crippen molar-refractivity contribution in [2.24, 2.45) is 0 Å². The Morgan fingerprint density at radius 1 is 1.36 bits per heavy atom. The predicted molar refractivity (Wildman–Crippen MR) is 43.0 cm³/mol. The summed E-state index contributed by atoms with van der Waals surface area (Å²) in [6, 6.07) is 0. The molecule has 0 saturated heterocycles. The van der Waals surface area contributed by atoms with E-state index >= 15 is 0 Å². The lowest BCUT2D eigenvalue weighted by atomic mass is 10.3. The van der Waals surface area contributed by atoms with Crippen LogP contribution in [0.15, 0.2) is 36.0 Å². The topological polar surface area (TPSA) is 26.3 Å². The van der Waals surface area contributed by atoms with Gasteiger partial charge in [-0.05, 0) is 12.5 Å². The molecule has 1 aliphatic rings. The molecule has 1 aliphatic heterocycles. The zero-order valence-corrected chi connectivity index (χ0v) is 6.41. The van der Waals surface area contributed by atoms with Gasteiger partial charge in [0.05, 0.1) is 0 Å². The van der Waals surface area contributed by atoms with Crippen LogP contribution in [0.25, 0.3) is 0 Å². The fourth-order valence-corrected chi connectivity index (χ4v) is 0.699. The first-order valence-electron chi connectivity index (χ1n) is 3.46. The summed E-state index contributed by atoms with van der Waals surface area (Å²) < 4.78 is 4.84. The summed E-state index contributed by atoms with van der Waals surface area (Å²) in [6.07, 6.45) is 8.67. The van der Waals surface area contributed by atoms with Gasteiger partial charge in [0.15, 0.2) is 0 Å². The molecule has 0 bridgehead atoms. The Hall–Kier alpha value is -1.31. The van der Waals surface area contributed by atoms with Gasteiger partial charge in [-0.1, -0.05) is 24.3 Å². The first kappa shape index (κ1) is 7.79. The number of rotatable bonds is 0. The van der Waals surface area contributed by atoms with Crippen LogP contribution in [-0.4, -0.2) is 12.6 Å². The van der Waals surface area contributed by atoms with E-state index in [1.165, 1.54) is 6.08 Å². The molecule has 0 aromatic carbocycles. The van der Waals surface area contributed by atoms with Crippen LogP contribution in [0, 0.1) is 0 Å². The van der Waals surface area contributed by atoms with Gasteiger partial charge < -0.3 is 4.74 Å². The van der Waals surface area contributed by atoms with Crippen LogP contribution >= 0.6 is 0 Å². The summed E-state index contributed by atoms with van der Waals surface area (Å²) in [4.78, 5) is 10.8. The fourth-order valence-electron chi connectivity index (χ4n) is 0.699. The summed E-state index contributed by atoms with van der Waals surface area (Å²) in [7, 11) is 0. The van der Waals surface area contributed by atoms with Crippen LogP contribution < -0.4 is 0 Å². The number of carbonyl (C=O) groups is 1. The Morgan fingerprint density at radius 2 is 2.18 bits per heavy atom. The van der Waals surface area contributed by atoms with Gasteiger partial charge in [0.2, 0.25) is 0 Å². The molecular formula is C9H10O2. The highest BCUT2D eigenvalue weighted by Gasteiger charge is 1.96. The third kappa shape index (κ3) is 2.85. The highest BCUT2D eigenvalue weighted by atomic mass is 16.5. The minimum absolute atomic E-state index is 0.288. The van der Waals surface area contributed by atoms with Crippen LogP contribution in [0.3, 0.4) is 0 Å². The lowest BCUT2D eigenvalue weighted by Gasteiger charge is -1.99. The van der Waals surface area contributed by atoms with Crippen molar-refractivity contribution in [3.8, 4) is 0 Å². The van der Waals surface area contributed by atoms with Crippen molar-refractivity contribution in [3.63, 3.8) is 0 Å². The maximum atomic E-state index is 10.8. The van der Waals surface area contributed by atoms with E-state index < -0.39 is 0 Å². The molecule has 2 nitrogen and oxygen atoms in total. The van der Waals surface area contributed by atoms with Gasteiger partial charge in [-0.15, -0.1) is 0 Å². The summed E-state index contributed by atoms with van der Waals surface area (Å²) >= 11 is 0. The van der Waals surface area contributed by atoms with Crippen LogP contribution in [0.5, 0.6) is 0 Å². The molecule has 1 rings (SSSR count). The number of cyclic esters (lactones) is 1. The van der Waals surface area contributed by atoms with Crippen LogP contribution in [-0.2, 0) is 9.53 Å². The van der Waals surface area contributed by atoms with E-state index in [4.69, 9.17) is 4.74 Å². The van der Waals surface area contributed by atoms with Crippen molar-refractivity contribution < 1.29 is 9.53 Å². The number of ether oxygens (including phenoxy) is 1. The smallest absolute Gasteiger partial charge is 0.331 e. The normalized spacial score (nSPS) is 28.5. The van der Waals surface area contributed by atoms with Crippen LogP contribution in [0.2, 0.25) is 0 Å². The van der Waals surface area contributed by atoms with Gasteiger partial charge in [0, 0.05) is 6.08 Å². The molecule has 0 radical (unpaired) electrons. The van der Waals surface area contributed by atoms with E-state index in [0.717, 1.165) is 5.57 Å². The summed E-state index contributed by atoms with van der Waals surface area (Å²) in [5.41, 5.74) is 1.04. The first-order valence-corrected chi connectivity index (χ1v) is 3.46. The Balaban J connectivity index is 2.71. The van der Waals surface area contributed by atoms with Gasteiger partial charge in [0.25, 0.3) is 0 Å². The number of allylic oxidation sites excluding steroid dienone is 4. The van der Waals surface area contributed by atoms with Gasteiger partial charge >= 0.3 is 5.97 Å². The lowest BCUT2D eigenvalue weighted by molar-refractivity contribution is -0.136. The van der Waals surface area contributed by atoms with Gasteiger partial charge in [-0.2, -0.15) is 0 Å². The second-order valence-electron chi connectivity index (χ2n) is 2.36. The minimum atomic E-state index is -0.288. The number of hydrogen-bond donors (Lipinski definition) is 0. The van der Waals surface area contributed by atoms with E-state index in [0.29, 0.717) is 6.61 Å². The first-order chi connectivity index (χ1) is 5.29. The van der Waals surface area contributed by atoms with E-state index in [1.807, 2.05) is 19.1 Å². The molecule has 58 valence electrons. The fraction of sp³-hybridized carbons (Fsp3) is 0.222. The van der Waals surface area contributed by atoms with Crippen molar-refractivity contribution in [2.75, 3.05) is 6.61 Å². The van der Waals surface area contributed by atoms with Crippen molar-refractivity contribution >= 4 is 5.97 Å². The quantitative estimate of drug-likeness (QED) is 0.490. The van der Waals surface area contributed by atoms with Crippen molar-refractivity contribution in [3.05, 3.63) is 36.0 Å². The summed E-state index contributed by atoms with van der Waals surface area (Å²) in [5.74, 6) is -0.288. The van der Waals surface area contributed by atoms with E-state index in [2.05, 4.69) is 0 Å². The number of esters is 1. The van der Waals surface area contributed by atoms with Crippen molar-refractivity contribution in [1.29, 1.82) is 0 Å². The largest absolute Gasteiger partial charge is 0.458 e. The molecule has 0 atom stereocenters. The molecule has 0 aliphatic carbocycles. The Bertz CT molecular complexity index is 234. The second kappa shape index (κ2) is 3.76. The molecular weight excluding hydrogens is 140 g/mol.